The number of hydrogen-bond acceptors (Lipinski definition) is 4. The van der Waals surface area contributed by atoms with Crippen LogP contribution in [0.3, 0.4) is 0 Å². The molecule has 22 heavy (non-hydrogen) atoms. The van der Waals surface area contributed by atoms with Gasteiger partial charge in [-0.15, -0.1) is 0 Å². The first-order valence-electron chi connectivity index (χ1n) is 7.65. The van der Waals surface area contributed by atoms with E-state index in [1.165, 1.54) is 5.56 Å². The summed E-state index contributed by atoms with van der Waals surface area (Å²) in [5.74, 6) is 1.22. The molecule has 0 saturated carbocycles. The maximum absolute atomic E-state index is 12.2. The van der Waals surface area contributed by atoms with E-state index >= 15 is 0 Å². The molecule has 6 heteroatoms. The summed E-state index contributed by atoms with van der Waals surface area (Å²) in [7, 11) is 0. The van der Waals surface area contributed by atoms with Crippen molar-refractivity contribution in [3.63, 3.8) is 0 Å². The summed E-state index contributed by atoms with van der Waals surface area (Å²) in [5.41, 5.74) is 2.22. The van der Waals surface area contributed by atoms with Gasteiger partial charge in [-0.1, -0.05) is 0 Å². The molecule has 0 aromatic carbocycles. The average Bonchev–Trinajstić information content (AvgIpc) is 3.06. The first-order chi connectivity index (χ1) is 10.7. The Balaban J connectivity index is 1.49. The number of rotatable bonds is 4. The predicted octanol–water partition coefficient (Wildman–Crippen LogP) is 1.39. The molecule has 2 aromatic heterocycles. The van der Waals surface area contributed by atoms with Crippen LogP contribution in [0.15, 0.2) is 30.9 Å². The molecular weight excluding hydrogens is 278 g/mol. The molecule has 1 aliphatic heterocycles. The van der Waals surface area contributed by atoms with Crippen LogP contribution in [0.5, 0.6) is 0 Å². The number of H-pyrrole nitrogens is 1. The number of imidazole rings is 1. The Bertz CT molecular complexity index is 617. The fourth-order valence-corrected chi connectivity index (χ4v) is 2.70. The van der Waals surface area contributed by atoms with Crippen LogP contribution in [0.25, 0.3) is 0 Å². The van der Waals surface area contributed by atoms with E-state index in [1.54, 1.807) is 12.5 Å². The van der Waals surface area contributed by atoms with Gasteiger partial charge in [0.05, 0.1) is 6.33 Å². The Morgan fingerprint density at radius 1 is 1.32 bits per heavy atom. The van der Waals surface area contributed by atoms with Gasteiger partial charge in [0.15, 0.2) is 0 Å². The number of carbonyl (C=O) groups is 1. The number of aromatic amines is 1. The molecule has 0 unspecified atom stereocenters. The lowest BCUT2D eigenvalue weighted by Gasteiger charge is -2.35. The number of amides is 1. The van der Waals surface area contributed by atoms with E-state index in [-0.39, 0.29) is 5.91 Å². The van der Waals surface area contributed by atoms with Crippen LogP contribution in [-0.2, 0) is 11.2 Å². The van der Waals surface area contributed by atoms with Crippen LogP contribution in [0.4, 0.5) is 5.82 Å². The zero-order chi connectivity index (χ0) is 15.4. The third-order valence-electron chi connectivity index (χ3n) is 4.02. The van der Waals surface area contributed by atoms with Gasteiger partial charge in [0, 0.05) is 50.7 Å². The first-order valence-corrected chi connectivity index (χ1v) is 7.65. The van der Waals surface area contributed by atoms with Crippen LogP contribution in [0.2, 0.25) is 0 Å². The van der Waals surface area contributed by atoms with Crippen LogP contribution in [0, 0.1) is 6.92 Å². The number of aryl methyl sites for hydroxylation is 2. The molecule has 6 nitrogen and oxygen atoms in total. The smallest absolute Gasteiger partial charge is 0.223 e. The zero-order valence-electron chi connectivity index (χ0n) is 12.8. The minimum Gasteiger partial charge on any atom is -0.353 e. The van der Waals surface area contributed by atoms with Gasteiger partial charge in [-0.25, -0.2) is 9.97 Å². The lowest BCUT2D eigenvalue weighted by molar-refractivity contribution is -0.131. The van der Waals surface area contributed by atoms with Crippen molar-refractivity contribution in [1.29, 1.82) is 0 Å². The SMILES string of the molecule is Cc1ccnc(N2CCN(C(=O)CCc3cnc[nH]3)CC2)c1. The molecule has 0 atom stereocenters. The second-order valence-corrected chi connectivity index (χ2v) is 5.64. The topological polar surface area (TPSA) is 65.1 Å². The summed E-state index contributed by atoms with van der Waals surface area (Å²) < 4.78 is 0. The van der Waals surface area contributed by atoms with Gasteiger partial charge in [0.2, 0.25) is 5.91 Å². The van der Waals surface area contributed by atoms with Gasteiger partial charge < -0.3 is 14.8 Å². The number of piperazine rings is 1. The van der Waals surface area contributed by atoms with Crippen molar-refractivity contribution in [2.75, 3.05) is 31.1 Å². The summed E-state index contributed by atoms with van der Waals surface area (Å²) in [6, 6.07) is 4.09. The van der Waals surface area contributed by atoms with Crippen LogP contribution in [0.1, 0.15) is 17.7 Å². The summed E-state index contributed by atoms with van der Waals surface area (Å²) in [6.07, 6.45) is 6.51. The van der Waals surface area contributed by atoms with E-state index < -0.39 is 0 Å². The van der Waals surface area contributed by atoms with Gasteiger partial charge in [0.1, 0.15) is 5.82 Å². The molecule has 116 valence electrons. The highest BCUT2D eigenvalue weighted by molar-refractivity contribution is 5.76. The minimum atomic E-state index is 0.214. The zero-order valence-corrected chi connectivity index (χ0v) is 12.8. The van der Waals surface area contributed by atoms with Crippen molar-refractivity contribution in [3.8, 4) is 0 Å². The summed E-state index contributed by atoms with van der Waals surface area (Å²) in [5, 5.41) is 0. The van der Waals surface area contributed by atoms with Gasteiger partial charge in [-0.05, 0) is 31.0 Å². The molecule has 0 aliphatic carbocycles. The van der Waals surface area contributed by atoms with E-state index in [0.29, 0.717) is 6.42 Å². The molecule has 0 bridgehead atoms. The van der Waals surface area contributed by atoms with Crippen LogP contribution in [-0.4, -0.2) is 51.9 Å². The fraction of sp³-hybridized carbons (Fsp3) is 0.438. The number of nitrogens with one attached hydrogen (secondary N) is 1. The molecule has 1 amide bonds. The van der Waals surface area contributed by atoms with Crippen molar-refractivity contribution in [1.82, 2.24) is 19.9 Å². The van der Waals surface area contributed by atoms with Crippen LogP contribution < -0.4 is 4.90 Å². The third kappa shape index (κ3) is 3.44. The summed E-state index contributed by atoms with van der Waals surface area (Å²) >= 11 is 0. The van der Waals surface area contributed by atoms with E-state index in [9.17, 15) is 4.79 Å². The van der Waals surface area contributed by atoms with Gasteiger partial charge in [0.25, 0.3) is 0 Å². The second-order valence-electron chi connectivity index (χ2n) is 5.64. The maximum Gasteiger partial charge on any atom is 0.223 e. The molecule has 0 spiro atoms. The maximum atomic E-state index is 12.2. The Morgan fingerprint density at radius 2 is 2.14 bits per heavy atom. The molecular formula is C16H21N5O. The molecule has 3 heterocycles. The number of aromatic nitrogens is 3. The Kier molecular flexibility index (Phi) is 4.37. The predicted molar refractivity (Wildman–Crippen MR) is 84.7 cm³/mol. The normalized spacial score (nSPS) is 15.1. The average molecular weight is 299 g/mol. The van der Waals surface area contributed by atoms with Crippen LogP contribution >= 0.6 is 0 Å². The molecule has 0 radical (unpaired) electrons. The molecule has 2 aromatic rings. The number of carbonyl (C=O) groups excluding carboxylic acids is 1. The molecule has 3 rings (SSSR count). The van der Waals surface area contributed by atoms with E-state index in [2.05, 4.69) is 32.8 Å². The first kappa shape index (κ1) is 14.6. The molecule has 1 N–H and O–H groups in total. The van der Waals surface area contributed by atoms with Gasteiger partial charge in [-0.3, -0.25) is 4.79 Å². The monoisotopic (exact) mass is 299 g/mol. The van der Waals surface area contributed by atoms with Crippen molar-refractivity contribution in [2.24, 2.45) is 0 Å². The number of hydrogen-bond donors (Lipinski definition) is 1. The van der Waals surface area contributed by atoms with E-state index in [1.807, 2.05) is 17.2 Å². The molecule has 1 fully saturated rings. The Labute approximate surface area is 130 Å². The van der Waals surface area contributed by atoms with Crippen molar-refractivity contribution >= 4 is 11.7 Å². The van der Waals surface area contributed by atoms with Crippen molar-refractivity contribution in [2.45, 2.75) is 19.8 Å². The third-order valence-corrected chi connectivity index (χ3v) is 4.02. The van der Waals surface area contributed by atoms with Crippen molar-refractivity contribution < 1.29 is 4.79 Å². The minimum absolute atomic E-state index is 0.214. The molecule has 1 saturated heterocycles. The van der Waals surface area contributed by atoms with E-state index in [4.69, 9.17) is 0 Å². The summed E-state index contributed by atoms with van der Waals surface area (Å²) in [6.45, 7) is 5.27. The van der Waals surface area contributed by atoms with Crippen molar-refractivity contribution in [3.05, 3.63) is 42.1 Å². The van der Waals surface area contributed by atoms with E-state index in [0.717, 1.165) is 44.1 Å². The van der Waals surface area contributed by atoms with Gasteiger partial charge >= 0.3 is 0 Å². The quantitative estimate of drug-likeness (QED) is 0.926. The highest BCUT2D eigenvalue weighted by Gasteiger charge is 2.21. The number of pyridine rings is 1. The largest absolute Gasteiger partial charge is 0.353 e. The summed E-state index contributed by atoms with van der Waals surface area (Å²) in [4.78, 5) is 27.9. The Hall–Kier alpha value is -2.37. The number of nitrogens with zero attached hydrogens (tertiary/aromatic N) is 4. The second kappa shape index (κ2) is 6.60. The fourth-order valence-electron chi connectivity index (χ4n) is 2.70. The lowest BCUT2D eigenvalue weighted by atomic mass is 10.2. The van der Waals surface area contributed by atoms with Gasteiger partial charge in [-0.2, -0.15) is 0 Å². The molecule has 1 aliphatic rings. The number of anilines is 1. The highest BCUT2D eigenvalue weighted by atomic mass is 16.2. The standard InChI is InChI=1S/C16H21N5O/c1-13-4-5-18-15(10-13)20-6-8-21(9-7-20)16(22)3-2-14-11-17-12-19-14/h4-5,10-12H,2-3,6-9H2,1H3,(H,17,19). The Morgan fingerprint density at radius 3 is 2.82 bits per heavy atom. The highest BCUT2D eigenvalue weighted by Crippen LogP contribution is 2.15. The lowest BCUT2D eigenvalue weighted by Crippen LogP contribution is -2.49.